The number of fused-ring (bicyclic) bond motifs is 8. The third-order valence-corrected chi connectivity index (χ3v) is 30.2. The molecule has 122 heavy (non-hydrogen) atoms. The van der Waals surface area contributed by atoms with E-state index in [1.807, 2.05) is 23.5 Å². The van der Waals surface area contributed by atoms with E-state index in [0.29, 0.717) is 0 Å². The van der Waals surface area contributed by atoms with Crippen molar-refractivity contribution in [3.8, 4) is 44.5 Å². The van der Waals surface area contributed by atoms with E-state index in [1.54, 1.807) is 47.0 Å². The highest BCUT2D eigenvalue weighted by molar-refractivity contribution is 8.09. The maximum atomic E-state index is 6.35. The monoisotopic (exact) mass is 1730 g/mol. The van der Waals surface area contributed by atoms with Crippen molar-refractivity contribution >= 4 is 115 Å². The summed E-state index contributed by atoms with van der Waals surface area (Å²) >= 11 is 10.9. The molecule has 15 rings (SSSR count). The number of aromatic amines is 2. The van der Waals surface area contributed by atoms with Crippen molar-refractivity contribution in [2.75, 3.05) is 13.2 Å². The standard InChI is InChI=1S/C110H126N4O2S6/c1-103(2,3)71-53-67(54-72(61-71)104(4,5)6)97-87-47-49-89(111-87)99(69-57-75(107(13,14)15)63-76(58-69)108(16,17)18)102-94(120-84-41-33-80(34-42-84)118-82-37-45-86(46-38-82)122-96-30-26-28-52-116-96)66-92(114-102)98(68-55-73(105(7,8)9)62-74(56-68)106(10,11)12)88-48-50-90(112-88)100(70-59-77(109(19,20)21)64-78(60-70)110(22,23)24)101-93(65-91(97)113-101)119-83-39-31-79(32-40-83)117-81-35-43-85(44-36-81)121-95-29-25-27-51-115-95/h31-50,53-66,95-96,111-112H,25-30,51-52H2,1-24H3. The van der Waals surface area contributed by atoms with Crippen LogP contribution < -0.4 is 0 Å². The predicted molar refractivity (Wildman–Crippen MR) is 533 cm³/mol. The number of nitrogens with zero attached hydrogens (tertiary/aromatic N) is 2. The number of H-pyrrole nitrogens is 2. The highest BCUT2D eigenvalue weighted by Crippen LogP contribution is 2.52. The molecule has 2 saturated heterocycles. The lowest BCUT2D eigenvalue weighted by Gasteiger charge is -2.26. The SMILES string of the molecule is CC(C)(C)c1cc(-c2c3nc(c(-c4cc(C(C)(C)C)cc(C(C)(C)C)c4)c4ccc([nH]4)c(-c4cc(C(C)(C)C)cc(C(C)(C)C)c4)c4nc(c(-c5cc(C(C)(C)C)cc(C(C)(C)C)c5)c5ccc2[nH]5)C(Sc2ccc(Sc5ccc(SC6CCCCO6)cc5)cc2)=C4)C(Sc2ccc(Sc4ccc(SC5CCCCO5)cc4)cc2)=C3)cc(C(C)(C)C)c1. The van der Waals surface area contributed by atoms with Crippen molar-refractivity contribution in [2.24, 2.45) is 0 Å². The first-order valence-corrected chi connectivity index (χ1v) is 49.0. The van der Waals surface area contributed by atoms with Gasteiger partial charge in [-0.1, -0.05) is 310 Å². The zero-order chi connectivity index (χ0) is 87.0. The summed E-state index contributed by atoms with van der Waals surface area (Å²) in [4.78, 5) is 33.0. The Morgan fingerprint density at radius 1 is 0.262 bits per heavy atom. The fourth-order valence-corrected chi connectivity index (χ4v) is 21.6. The Morgan fingerprint density at radius 3 is 0.713 bits per heavy atom. The van der Waals surface area contributed by atoms with Crippen molar-refractivity contribution in [3.05, 3.63) is 261 Å². The molecule has 12 heteroatoms. The third kappa shape index (κ3) is 20.9. The van der Waals surface area contributed by atoms with Crippen LogP contribution >= 0.6 is 70.6 Å². The van der Waals surface area contributed by atoms with E-state index in [2.05, 4.69) is 382 Å². The van der Waals surface area contributed by atoms with Gasteiger partial charge in [0.1, 0.15) is 10.9 Å². The highest BCUT2D eigenvalue weighted by atomic mass is 32.2. The first kappa shape index (κ1) is 89.2. The molecule has 6 nitrogen and oxygen atoms in total. The number of aromatic nitrogens is 4. The molecule has 11 aromatic rings. The van der Waals surface area contributed by atoms with Gasteiger partial charge >= 0.3 is 0 Å². The summed E-state index contributed by atoms with van der Waals surface area (Å²) in [5.74, 6) is 0. The van der Waals surface area contributed by atoms with Crippen molar-refractivity contribution in [3.63, 3.8) is 0 Å². The minimum Gasteiger partial charge on any atom is -0.367 e. The van der Waals surface area contributed by atoms with Crippen LogP contribution in [-0.4, -0.2) is 44.0 Å². The minimum absolute atomic E-state index is 0.195. The molecule has 4 aliphatic heterocycles. The summed E-state index contributed by atoms with van der Waals surface area (Å²) in [5.41, 5.74) is 24.9. The molecule has 0 spiro atoms. The topological polar surface area (TPSA) is 75.8 Å². The molecular weight excluding hydrogens is 1600 g/mol. The van der Waals surface area contributed by atoms with Crippen LogP contribution in [0.2, 0.25) is 0 Å². The summed E-state index contributed by atoms with van der Waals surface area (Å²) in [6.45, 7) is 58.1. The zero-order valence-electron chi connectivity index (χ0n) is 76.6. The lowest BCUT2D eigenvalue weighted by molar-refractivity contribution is 0.0727. The molecule has 8 bridgehead atoms. The Bertz CT molecular complexity index is 5460. The van der Waals surface area contributed by atoms with E-state index in [0.717, 1.165) is 148 Å². The Kier molecular flexibility index (Phi) is 25.6. The number of nitrogens with one attached hydrogen (secondary N) is 2. The maximum absolute atomic E-state index is 6.35. The van der Waals surface area contributed by atoms with Crippen LogP contribution in [0.15, 0.2) is 233 Å². The predicted octanol–water partition coefficient (Wildman–Crippen LogP) is 33.5. The second kappa shape index (κ2) is 35.0. The van der Waals surface area contributed by atoms with Crippen LogP contribution in [0.4, 0.5) is 0 Å². The molecule has 0 radical (unpaired) electrons. The van der Waals surface area contributed by atoms with Gasteiger partial charge in [0, 0.05) is 107 Å². The maximum Gasteiger partial charge on any atom is 0.107 e. The molecule has 634 valence electrons. The van der Waals surface area contributed by atoms with Crippen molar-refractivity contribution in [1.29, 1.82) is 0 Å². The molecule has 2 fully saturated rings. The summed E-state index contributed by atoms with van der Waals surface area (Å²) in [6, 6.07) is 75.3. The van der Waals surface area contributed by atoms with Gasteiger partial charge in [0.05, 0.1) is 22.8 Å². The number of rotatable bonds is 16. The molecule has 7 heterocycles. The summed E-state index contributed by atoms with van der Waals surface area (Å²) in [7, 11) is 0. The molecule has 2 atom stereocenters. The van der Waals surface area contributed by atoms with Crippen LogP contribution in [0.25, 0.3) is 88.5 Å². The van der Waals surface area contributed by atoms with Crippen LogP contribution in [0, 0.1) is 0 Å². The number of hydrogen-bond acceptors (Lipinski definition) is 10. The van der Waals surface area contributed by atoms with Gasteiger partial charge in [-0.15, -0.1) is 0 Å². The van der Waals surface area contributed by atoms with Crippen molar-refractivity contribution in [1.82, 2.24) is 19.9 Å². The highest BCUT2D eigenvalue weighted by Gasteiger charge is 2.33. The number of ether oxygens (including phenoxy) is 2. The van der Waals surface area contributed by atoms with Crippen molar-refractivity contribution in [2.45, 2.75) is 298 Å². The van der Waals surface area contributed by atoms with Crippen LogP contribution in [0.5, 0.6) is 0 Å². The van der Waals surface area contributed by atoms with Crippen molar-refractivity contribution < 1.29 is 9.47 Å². The molecule has 0 amide bonds. The molecule has 4 aliphatic rings. The van der Waals surface area contributed by atoms with E-state index in [1.165, 1.54) is 86.7 Å². The second-order valence-electron chi connectivity index (χ2n) is 42.1. The lowest BCUT2D eigenvalue weighted by atomic mass is 9.78. The lowest BCUT2D eigenvalue weighted by Crippen LogP contribution is -2.16. The van der Waals surface area contributed by atoms with Gasteiger partial charge in [0.2, 0.25) is 0 Å². The van der Waals surface area contributed by atoms with E-state index in [9.17, 15) is 0 Å². The molecule has 0 saturated carbocycles. The summed E-state index contributed by atoms with van der Waals surface area (Å²) in [6.07, 6.45) is 11.8. The smallest absolute Gasteiger partial charge is 0.107 e. The third-order valence-electron chi connectivity index (χ3n) is 23.7. The van der Waals surface area contributed by atoms with E-state index < -0.39 is 0 Å². The van der Waals surface area contributed by atoms with E-state index in [4.69, 9.17) is 19.4 Å². The molecular formula is C110H126N4O2S6. The first-order chi connectivity index (χ1) is 57.4. The average Bonchev–Trinajstić information content (AvgIpc) is 1.59. The summed E-state index contributed by atoms with van der Waals surface area (Å²) in [5, 5.41) is 0. The molecule has 8 aromatic carbocycles. The first-order valence-electron chi connectivity index (χ1n) is 44.0. The Hall–Kier alpha value is -7.62. The largest absolute Gasteiger partial charge is 0.367 e. The summed E-state index contributed by atoms with van der Waals surface area (Å²) < 4.78 is 12.3. The van der Waals surface area contributed by atoms with Gasteiger partial charge in [-0.25, -0.2) is 9.97 Å². The Balaban J connectivity index is 1.05. The quantitative estimate of drug-likeness (QED) is 0.0977. The van der Waals surface area contributed by atoms with E-state index in [-0.39, 0.29) is 54.2 Å². The fraction of sp³-hybridized carbons (Fsp3) is 0.382. The number of benzene rings is 8. The Labute approximate surface area is 755 Å². The average molecular weight is 1730 g/mol. The van der Waals surface area contributed by atoms with Gasteiger partial charge in [-0.3, -0.25) is 0 Å². The Morgan fingerprint density at radius 2 is 0.484 bits per heavy atom. The van der Waals surface area contributed by atoms with Crippen LogP contribution in [0.3, 0.4) is 0 Å². The van der Waals surface area contributed by atoms with Gasteiger partial charge < -0.3 is 19.4 Å². The second-order valence-corrected chi connectivity index (χ2v) is 49.1. The molecule has 0 aliphatic carbocycles. The molecule has 2 unspecified atom stereocenters. The van der Waals surface area contributed by atoms with Gasteiger partial charge in [0.15, 0.2) is 0 Å². The van der Waals surface area contributed by atoms with Crippen LogP contribution in [-0.2, 0) is 52.8 Å². The number of hydrogen-bond donors (Lipinski definition) is 2. The van der Waals surface area contributed by atoms with Gasteiger partial charge in [-0.05, 0) is 282 Å². The zero-order valence-corrected chi connectivity index (χ0v) is 81.5. The van der Waals surface area contributed by atoms with Gasteiger partial charge in [0.25, 0.3) is 0 Å². The van der Waals surface area contributed by atoms with E-state index >= 15 is 0 Å². The van der Waals surface area contributed by atoms with Crippen LogP contribution in [0.1, 0.15) is 272 Å². The molecule has 2 N–H and O–H groups in total. The normalized spacial score (nSPS) is 16.0. The fourth-order valence-electron chi connectivity index (χ4n) is 16.0. The van der Waals surface area contributed by atoms with Gasteiger partial charge in [-0.2, -0.15) is 0 Å². The molecule has 3 aromatic heterocycles. The minimum atomic E-state index is -0.200. The number of thioether (sulfide) groups is 4.